The molecule has 0 amide bonds. The van der Waals surface area contributed by atoms with Gasteiger partial charge in [-0.3, -0.25) is 14.1 Å². The first kappa shape index (κ1) is 14.0. The molecule has 1 N–H and O–H groups in total. The van der Waals surface area contributed by atoms with Crippen molar-refractivity contribution in [1.82, 2.24) is 0 Å². The molecule has 4 rings (SSSR count). The highest BCUT2D eigenvalue weighted by molar-refractivity contribution is 7.86. The first-order valence-corrected chi connectivity index (χ1v) is 8.43. The van der Waals surface area contributed by atoms with Crippen molar-refractivity contribution in [3.05, 3.63) is 0 Å². The molecule has 4 aliphatic rings. The van der Waals surface area contributed by atoms with Gasteiger partial charge in [0.1, 0.15) is 5.78 Å². The molecule has 6 nitrogen and oxygen atoms in total. The Hall–Kier alpha value is -0.950. The fourth-order valence-corrected chi connectivity index (χ4v) is 4.54. The second-order valence-electron chi connectivity index (χ2n) is 6.51. The summed E-state index contributed by atoms with van der Waals surface area (Å²) in [6.45, 7) is 1.14. The predicted molar refractivity (Wildman–Crippen MR) is 68.1 cm³/mol. The maximum absolute atomic E-state index is 12.4. The van der Waals surface area contributed by atoms with Gasteiger partial charge in [-0.2, -0.15) is 8.42 Å². The molecule has 112 valence electrons. The quantitative estimate of drug-likeness (QED) is 0.620. The Balaban J connectivity index is 1.80. The zero-order valence-electron chi connectivity index (χ0n) is 11.2. The van der Waals surface area contributed by atoms with Crippen LogP contribution in [0.4, 0.5) is 0 Å². The molecule has 0 radical (unpaired) electrons. The molecule has 4 fully saturated rings. The minimum absolute atomic E-state index is 0.0742. The number of esters is 1. The van der Waals surface area contributed by atoms with E-state index in [9.17, 15) is 18.0 Å². The van der Waals surface area contributed by atoms with Crippen molar-refractivity contribution in [3.63, 3.8) is 0 Å². The molecule has 0 heterocycles. The van der Waals surface area contributed by atoms with Crippen molar-refractivity contribution in [2.75, 3.05) is 0 Å². The number of hydrogen-bond acceptors (Lipinski definition) is 5. The molecule has 4 aliphatic carbocycles. The van der Waals surface area contributed by atoms with Crippen LogP contribution >= 0.6 is 0 Å². The standard InChI is InChI=1S/C13H18O6S/c1-7(20(16,17)18)19-12(15)13-4-8-2-9(5-13)11(14)10(3-8)6-13/h7-10H,2-6H2,1H3,(H,16,17,18). The molecule has 0 aromatic rings. The number of carbonyl (C=O) groups is 2. The minimum Gasteiger partial charge on any atom is -0.443 e. The van der Waals surface area contributed by atoms with E-state index in [4.69, 9.17) is 9.29 Å². The highest BCUT2D eigenvalue weighted by atomic mass is 32.2. The van der Waals surface area contributed by atoms with Gasteiger partial charge in [0.25, 0.3) is 0 Å². The molecule has 20 heavy (non-hydrogen) atoms. The van der Waals surface area contributed by atoms with Crippen LogP contribution in [0.5, 0.6) is 0 Å². The second kappa shape index (κ2) is 4.27. The molecule has 0 saturated heterocycles. The van der Waals surface area contributed by atoms with Crippen molar-refractivity contribution in [3.8, 4) is 0 Å². The van der Waals surface area contributed by atoms with Gasteiger partial charge >= 0.3 is 16.1 Å². The Bertz CT molecular complexity index is 547. The second-order valence-corrected chi connectivity index (χ2v) is 8.21. The van der Waals surface area contributed by atoms with E-state index in [1.54, 1.807) is 0 Å². The van der Waals surface area contributed by atoms with Crippen LogP contribution in [0.3, 0.4) is 0 Å². The van der Waals surface area contributed by atoms with Crippen LogP contribution < -0.4 is 0 Å². The molecule has 3 atom stereocenters. The Morgan fingerprint density at radius 1 is 1.30 bits per heavy atom. The van der Waals surface area contributed by atoms with Crippen molar-refractivity contribution >= 4 is 21.9 Å². The normalized spacial score (nSPS) is 40.7. The average Bonchev–Trinajstić information content (AvgIpc) is 2.33. The summed E-state index contributed by atoms with van der Waals surface area (Å²) in [6, 6.07) is 0. The van der Waals surface area contributed by atoms with Crippen LogP contribution in [-0.2, 0) is 24.4 Å². The number of carbonyl (C=O) groups excluding carboxylic acids is 2. The van der Waals surface area contributed by atoms with Gasteiger partial charge in [-0.05, 0) is 44.9 Å². The van der Waals surface area contributed by atoms with E-state index in [-0.39, 0.29) is 17.6 Å². The Morgan fingerprint density at radius 3 is 2.35 bits per heavy atom. The van der Waals surface area contributed by atoms with Gasteiger partial charge in [-0.15, -0.1) is 0 Å². The van der Waals surface area contributed by atoms with Crippen LogP contribution in [-0.4, -0.2) is 30.2 Å². The molecule has 3 unspecified atom stereocenters. The molecule has 0 aromatic carbocycles. The molecule has 7 heteroatoms. The summed E-state index contributed by atoms with van der Waals surface area (Å²) in [5, 5.41) is 0. The first-order valence-electron chi connectivity index (χ1n) is 6.92. The van der Waals surface area contributed by atoms with Gasteiger partial charge in [0, 0.05) is 11.8 Å². The van der Waals surface area contributed by atoms with Crippen LogP contribution in [0.25, 0.3) is 0 Å². The van der Waals surface area contributed by atoms with Gasteiger partial charge in [0.15, 0.2) is 0 Å². The number of rotatable bonds is 3. The molecule has 4 bridgehead atoms. The summed E-state index contributed by atoms with van der Waals surface area (Å²) in [7, 11) is -4.39. The van der Waals surface area contributed by atoms with E-state index in [1.807, 2.05) is 0 Å². The number of Topliss-reactive ketones (excluding diaryl/α,β-unsaturated/α-hetero) is 1. The molecular formula is C13H18O6S. The number of ketones is 1. The zero-order valence-corrected chi connectivity index (χ0v) is 12.1. The number of ether oxygens (including phenoxy) is 1. The fraction of sp³-hybridized carbons (Fsp3) is 0.846. The summed E-state index contributed by atoms with van der Waals surface area (Å²) >= 11 is 0. The lowest BCUT2D eigenvalue weighted by Gasteiger charge is -2.54. The van der Waals surface area contributed by atoms with Crippen LogP contribution in [0, 0.1) is 23.2 Å². The van der Waals surface area contributed by atoms with Crippen LogP contribution in [0.2, 0.25) is 0 Å². The van der Waals surface area contributed by atoms with E-state index in [0.29, 0.717) is 25.2 Å². The third-order valence-corrected chi connectivity index (χ3v) is 6.05. The highest BCUT2D eigenvalue weighted by Crippen LogP contribution is 2.59. The van der Waals surface area contributed by atoms with Crippen molar-refractivity contribution in [1.29, 1.82) is 0 Å². The van der Waals surface area contributed by atoms with Crippen molar-refractivity contribution in [2.24, 2.45) is 23.2 Å². The van der Waals surface area contributed by atoms with E-state index < -0.39 is 26.9 Å². The summed E-state index contributed by atoms with van der Waals surface area (Å²) in [6.07, 6.45) is 3.30. The zero-order chi connectivity index (χ0) is 14.7. The Kier molecular flexibility index (Phi) is 2.99. The molecule has 0 aromatic heterocycles. The molecule has 0 aliphatic heterocycles. The maximum atomic E-state index is 12.4. The molecular weight excluding hydrogens is 284 g/mol. The number of hydrogen-bond donors (Lipinski definition) is 1. The lowest BCUT2D eigenvalue weighted by atomic mass is 9.49. The van der Waals surface area contributed by atoms with Crippen molar-refractivity contribution < 1.29 is 27.3 Å². The largest absolute Gasteiger partial charge is 0.443 e. The third kappa shape index (κ3) is 2.07. The van der Waals surface area contributed by atoms with E-state index in [1.165, 1.54) is 0 Å². The predicted octanol–water partition coefficient (Wildman–Crippen LogP) is 1.16. The average molecular weight is 302 g/mol. The molecule has 0 spiro atoms. The van der Waals surface area contributed by atoms with E-state index >= 15 is 0 Å². The van der Waals surface area contributed by atoms with Gasteiger partial charge in [-0.25, -0.2) is 0 Å². The van der Waals surface area contributed by atoms with Gasteiger partial charge in [0.2, 0.25) is 5.44 Å². The van der Waals surface area contributed by atoms with Gasteiger partial charge in [-0.1, -0.05) is 0 Å². The monoisotopic (exact) mass is 302 g/mol. The summed E-state index contributed by atoms with van der Waals surface area (Å²) in [5.74, 6) is -0.106. The summed E-state index contributed by atoms with van der Waals surface area (Å²) < 4.78 is 35.8. The topological polar surface area (TPSA) is 97.7 Å². The van der Waals surface area contributed by atoms with Crippen LogP contribution in [0.1, 0.15) is 39.0 Å². The maximum Gasteiger partial charge on any atom is 0.313 e. The van der Waals surface area contributed by atoms with Crippen molar-refractivity contribution in [2.45, 2.75) is 44.5 Å². The van der Waals surface area contributed by atoms with E-state index in [2.05, 4.69) is 0 Å². The smallest absolute Gasteiger partial charge is 0.313 e. The first-order chi connectivity index (χ1) is 9.21. The highest BCUT2D eigenvalue weighted by Gasteiger charge is 2.59. The summed E-state index contributed by atoms with van der Waals surface area (Å²) in [4.78, 5) is 24.4. The van der Waals surface area contributed by atoms with Gasteiger partial charge < -0.3 is 4.74 Å². The lowest BCUT2D eigenvalue weighted by molar-refractivity contribution is -0.175. The van der Waals surface area contributed by atoms with E-state index in [0.717, 1.165) is 19.8 Å². The SMILES string of the molecule is CC(OC(=O)C12CC3CC(C1)C(=O)C(C3)C2)S(=O)(=O)O. The fourth-order valence-electron chi connectivity index (χ4n) is 4.33. The van der Waals surface area contributed by atoms with Crippen LogP contribution in [0.15, 0.2) is 0 Å². The Morgan fingerprint density at radius 2 is 1.85 bits per heavy atom. The third-order valence-electron chi connectivity index (χ3n) is 5.12. The minimum atomic E-state index is -4.39. The summed E-state index contributed by atoms with van der Waals surface area (Å²) in [5.41, 5.74) is -2.28. The molecule has 4 saturated carbocycles. The Labute approximate surface area is 117 Å². The van der Waals surface area contributed by atoms with Gasteiger partial charge in [0.05, 0.1) is 5.41 Å². The lowest BCUT2D eigenvalue weighted by Crippen LogP contribution is -2.55.